The van der Waals surface area contributed by atoms with Crippen LogP contribution in [-0.2, 0) is 11.2 Å². The number of aryl methyl sites for hydroxylation is 1. The molecule has 0 amide bonds. The van der Waals surface area contributed by atoms with Gasteiger partial charge >= 0.3 is 0 Å². The Hall–Kier alpha value is -4.12. The van der Waals surface area contributed by atoms with Crippen LogP contribution in [0.15, 0.2) is 83.6 Å². The molecule has 0 aliphatic rings. The number of benzene rings is 3. The van der Waals surface area contributed by atoms with Crippen LogP contribution in [0.4, 0.5) is 0 Å². The number of aromatic nitrogens is 1. The van der Waals surface area contributed by atoms with Gasteiger partial charge in [0.2, 0.25) is 5.89 Å². The summed E-state index contributed by atoms with van der Waals surface area (Å²) in [5, 5.41) is 0. The molecule has 0 spiro atoms. The van der Waals surface area contributed by atoms with E-state index in [0.29, 0.717) is 23.8 Å². The summed E-state index contributed by atoms with van der Waals surface area (Å²) >= 11 is 0. The van der Waals surface area contributed by atoms with Gasteiger partial charge in [-0.2, -0.15) is 0 Å². The standard InChI is InChI=1S/C28H25NO4/c1-19-7-10-23(28-29-15-16-33-28)18-25(19)21-11-8-20(9-12-21)17-24(30)14-13-22-5-4-6-26(31-2)27(22)32-3/h4-16,18H,17H2,1-3H3/b14-13+. The van der Waals surface area contributed by atoms with E-state index >= 15 is 0 Å². The van der Waals surface area contributed by atoms with Crippen molar-refractivity contribution in [1.29, 1.82) is 0 Å². The van der Waals surface area contributed by atoms with Crippen LogP contribution in [0.5, 0.6) is 11.5 Å². The molecule has 166 valence electrons. The second-order valence-corrected chi connectivity index (χ2v) is 7.62. The Morgan fingerprint density at radius 3 is 2.48 bits per heavy atom. The van der Waals surface area contributed by atoms with Crippen molar-refractivity contribution in [3.8, 4) is 34.1 Å². The number of oxazole rings is 1. The number of hydrogen-bond acceptors (Lipinski definition) is 5. The molecule has 5 nitrogen and oxygen atoms in total. The third kappa shape index (κ3) is 5.04. The molecular formula is C28H25NO4. The average Bonchev–Trinajstić information content (AvgIpc) is 3.38. The summed E-state index contributed by atoms with van der Waals surface area (Å²) in [4.78, 5) is 16.8. The number of ether oxygens (including phenoxy) is 2. The van der Waals surface area contributed by atoms with E-state index in [2.05, 4.69) is 24.0 Å². The maximum atomic E-state index is 12.5. The first kappa shape index (κ1) is 22.1. The molecule has 33 heavy (non-hydrogen) atoms. The first-order chi connectivity index (χ1) is 16.1. The summed E-state index contributed by atoms with van der Waals surface area (Å²) in [7, 11) is 3.17. The summed E-state index contributed by atoms with van der Waals surface area (Å²) in [5.41, 5.74) is 6.01. The molecule has 0 saturated heterocycles. The first-order valence-electron chi connectivity index (χ1n) is 10.6. The van der Waals surface area contributed by atoms with Gasteiger partial charge in [0.15, 0.2) is 17.3 Å². The molecule has 4 rings (SSSR count). The van der Waals surface area contributed by atoms with Gasteiger partial charge in [-0.15, -0.1) is 0 Å². The van der Waals surface area contributed by atoms with Gasteiger partial charge in [0, 0.05) is 17.5 Å². The van der Waals surface area contributed by atoms with E-state index < -0.39 is 0 Å². The number of rotatable bonds is 8. The summed E-state index contributed by atoms with van der Waals surface area (Å²) in [5.74, 6) is 1.84. The number of carbonyl (C=O) groups excluding carboxylic acids is 1. The van der Waals surface area contributed by atoms with Crippen molar-refractivity contribution in [3.63, 3.8) is 0 Å². The van der Waals surface area contributed by atoms with Gasteiger partial charge in [0.25, 0.3) is 0 Å². The Kier molecular flexibility index (Phi) is 6.69. The zero-order valence-electron chi connectivity index (χ0n) is 18.9. The van der Waals surface area contributed by atoms with Crippen LogP contribution in [0.1, 0.15) is 16.7 Å². The Morgan fingerprint density at radius 2 is 1.79 bits per heavy atom. The van der Waals surface area contributed by atoms with Crippen LogP contribution < -0.4 is 9.47 Å². The fraction of sp³-hybridized carbons (Fsp3) is 0.143. The molecule has 0 fully saturated rings. The molecule has 0 unspecified atom stereocenters. The molecule has 0 radical (unpaired) electrons. The lowest BCUT2D eigenvalue weighted by Gasteiger charge is -2.10. The van der Waals surface area contributed by atoms with E-state index in [0.717, 1.165) is 33.4 Å². The molecule has 1 aromatic heterocycles. The number of hydrogen-bond donors (Lipinski definition) is 0. The van der Waals surface area contributed by atoms with E-state index in [1.807, 2.05) is 48.5 Å². The number of nitrogens with zero attached hydrogens (tertiary/aromatic N) is 1. The van der Waals surface area contributed by atoms with Crippen LogP contribution in [0.2, 0.25) is 0 Å². The summed E-state index contributed by atoms with van der Waals surface area (Å²) in [6.45, 7) is 2.07. The van der Waals surface area contributed by atoms with E-state index in [-0.39, 0.29) is 5.78 Å². The van der Waals surface area contributed by atoms with Gasteiger partial charge in [-0.3, -0.25) is 4.79 Å². The fourth-order valence-corrected chi connectivity index (χ4v) is 3.72. The van der Waals surface area contributed by atoms with E-state index in [4.69, 9.17) is 13.9 Å². The van der Waals surface area contributed by atoms with Crippen LogP contribution in [0.25, 0.3) is 28.7 Å². The molecular weight excluding hydrogens is 414 g/mol. The lowest BCUT2D eigenvalue weighted by molar-refractivity contribution is -0.113. The van der Waals surface area contributed by atoms with Crippen molar-refractivity contribution in [3.05, 3.63) is 95.9 Å². The molecule has 0 N–H and O–H groups in total. The van der Waals surface area contributed by atoms with Gasteiger partial charge in [0.1, 0.15) is 6.26 Å². The molecule has 0 atom stereocenters. The molecule has 5 heteroatoms. The minimum atomic E-state index is 0.00898. The Labute approximate surface area is 193 Å². The molecule has 0 aliphatic carbocycles. The molecule has 0 bridgehead atoms. The van der Waals surface area contributed by atoms with Gasteiger partial charge in [-0.1, -0.05) is 42.5 Å². The second-order valence-electron chi connectivity index (χ2n) is 7.62. The minimum absolute atomic E-state index is 0.00898. The highest BCUT2D eigenvalue weighted by Crippen LogP contribution is 2.32. The number of methoxy groups -OCH3 is 2. The summed E-state index contributed by atoms with van der Waals surface area (Å²) < 4.78 is 16.2. The Balaban J connectivity index is 1.48. The monoisotopic (exact) mass is 439 g/mol. The largest absolute Gasteiger partial charge is 0.493 e. The fourth-order valence-electron chi connectivity index (χ4n) is 3.72. The van der Waals surface area contributed by atoms with Crippen molar-refractivity contribution in [2.75, 3.05) is 14.2 Å². The van der Waals surface area contributed by atoms with Crippen molar-refractivity contribution in [2.24, 2.45) is 0 Å². The quantitative estimate of drug-likeness (QED) is 0.308. The van der Waals surface area contributed by atoms with Gasteiger partial charge in [-0.25, -0.2) is 4.98 Å². The SMILES string of the molecule is COc1cccc(/C=C/C(=O)Cc2ccc(-c3cc(-c4ncco4)ccc3C)cc2)c1OC. The summed E-state index contributed by atoms with van der Waals surface area (Å²) in [6, 6.07) is 19.8. The number of ketones is 1. The molecule has 4 aromatic rings. The third-order valence-corrected chi connectivity index (χ3v) is 5.44. The zero-order valence-corrected chi connectivity index (χ0v) is 18.9. The maximum absolute atomic E-state index is 12.5. The third-order valence-electron chi connectivity index (χ3n) is 5.44. The molecule has 1 heterocycles. The van der Waals surface area contributed by atoms with Crippen molar-refractivity contribution in [2.45, 2.75) is 13.3 Å². The van der Waals surface area contributed by atoms with Gasteiger partial charge in [0.05, 0.1) is 20.4 Å². The lowest BCUT2D eigenvalue weighted by atomic mass is 9.96. The van der Waals surface area contributed by atoms with Gasteiger partial charge < -0.3 is 13.9 Å². The number of para-hydroxylation sites is 1. The minimum Gasteiger partial charge on any atom is -0.493 e. The second kappa shape index (κ2) is 10.0. The van der Waals surface area contributed by atoms with E-state index in [1.165, 1.54) is 0 Å². The maximum Gasteiger partial charge on any atom is 0.225 e. The lowest BCUT2D eigenvalue weighted by Crippen LogP contribution is -1.99. The van der Waals surface area contributed by atoms with E-state index in [9.17, 15) is 4.79 Å². The van der Waals surface area contributed by atoms with Crippen LogP contribution in [0, 0.1) is 6.92 Å². The first-order valence-corrected chi connectivity index (χ1v) is 10.6. The van der Waals surface area contributed by atoms with Crippen molar-refractivity contribution < 1.29 is 18.7 Å². The molecule has 0 aliphatic heterocycles. The van der Waals surface area contributed by atoms with Crippen LogP contribution in [-0.4, -0.2) is 25.0 Å². The van der Waals surface area contributed by atoms with E-state index in [1.54, 1.807) is 38.8 Å². The predicted molar refractivity (Wildman–Crippen MR) is 129 cm³/mol. The van der Waals surface area contributed by atoms with Crippen LogP contribution in [0.3, 0.4) is 0 Å². The average molecular weight is 440 g/mol. The highest BCUT2D eigenvalue weighted by atomic mass is 16.5. The van der Waals surface area contributed by atoms with Gasteiger partial charge in [-0.05, 0) is 59.5 Å². The topological polar surface area (TPSA) is 61.6 Å². The van der Waals surface area contributed by atoms with Crippen molar-refractivity contribution >= 4 is 11.9 Å². The number of carbonyl (C=O) groups is 1. The molecule has 3 aromatic carbocycles. The highest BCUT2D eigenvalue weighted by molar-refractivity contribution is 5.95. The Bertz CT molecular complexity index is 1270. The predicted octanol–water partition coefficient (Wildman–Crippen LogP) is 6.16. The Morgan fingerprint density at radius 1 is 1.00 bits per heavy atom. The van der Waals surface area contributed by atoms with Crippen molar-refractivity contribution in [1.82, 2.24) is 4.98 Å². The molecule has 0 saturated carbocycles. The normalized spacial score (nSPS) is 11.0. The summed E-state index contributed by atoms with van der Waals surface area (Å²) in [6.07, 6.45) is 6.86. The number of allylic oxidation sites excluding steroid dienone is 1. The smallest absolute Gasteiger partial charge is 0.225 e. The highest BCUT2D eigenvalue weighted by Gasteiger charge is 2.10. The van der Waals surface area contributed by atoms with Crippen LogP contribution >= 0.6 is 0 Å². The zero-order chi connectivity index (χ0) is 23.2.